The summed E-state index contributed by atoms with van der Waals surface area (Å²) in [6, 6.07) is 9.10. The molecule has 2 aromatic rings. The molecule has 4 aliphatic rings. The van der Waals surface area contributed by atoms with Crippen LogP contribution in [0.15, 0.2) is 34.7 Å². The highest BCUT2D eigenvalue weighted by Crippen LogP contribution is 2.61. The number of esters is 2. The van der Waals surface area contributed by atoms with Crippen molar-refractivity contribution in [2.75, 3.05) is 14.2 Å². The molecular formula is C27H33NO5. The lowest BCUT2D eigenvalue weighted by molar-refractivity contribution is -0.0708. The van der Waals surface area contributed by atoms with Crippen LogP contribution in [-0.2, 0) is 16.0 Å². The van der Waals surface area contributed by atoms with Crippen molar-refractivity contribution < 1.29 is 23.5 Å². The fourth-order valence-corrected chi connectivity index (χ4v) is 7.05. The van der Waals surface area contributed by atoms with Gasteiger partial charge in [-0.2, -0.15) is 0 Å². The molecule has 4 bridgehead atoms. The number of hydrogen-bond acceptors (Lipinski definition) is 6. The Morgan fingerprint density at radius 2 is 1.52 bits per heavy atom. The minimum atomic E-state index is -0.514. The van der Waals surface area contributed by atoms with Gasteiger partial charge in [-0.15, -0.1) is 0 Å². The molecule has 0 amide bonds. The number of methoxy groups -OCH3 is 2. The minimum absolute atomic E-state index is 0.280. The van der Waals surface area contributed by atoms with Crippen molar-refractivity contribution in [3.63, 3.8) is 0 Å². The first-order valence-corrected chi connectivity index (χ1v) is 12.0. The van der Waals surface area contributed by atoms with Crippen molar-refractivity contribution in [3.8, 4) is 11.3 Å². The van der Waals surface area contributed by atoms with E-state index < -0.39 is 11.9 Å². The zero-order valence-electron chi connectivity index (χ0n) is 19.7. The number of hydrogen-bond donors (Lipinski definition) is 1. The van der Waals surface area contributed by atoms with Gasteiger partial charge >= 0.3 is 11.9 Å². The van der Waals surface area contributed by atoms with Crippen LogP contribution in [-0.4, -0.2) is 32.2 Å². The van der Waals surface area contributed by atoms with Gasteiger partial charge in [-0.1, -0.05) is 0 Å². The standard InChI is InChI=1S/C27H33NO5/c1-16(27-12-17-6-18(13-27)8-19(7-17)14-27)28-15-23-4-5-24(33-23)20-9-21(25(29)31-2)11-22(10-20)26(30)32-3/h4-5,9-11,16-19,28H,6-8,12-15H2,1-3H3/t16-,17?,18?,19?,27?/m1/s1. The zero-order valence-corrected chi connectivity index (χ0v) is 19.7. The van der Waals surface area contributed by atoms with E-state index >= 15 is 0 Å². The summed E-state index contributed by atoms with van der Waals surface area (Å²) in [4.78, 5) is 24.2. The molecule has 33 heavy (non-hydrogen) atoms. The molecule has 6 heteroatoms. The first kappa shape index (κ1) is 22.2. The van der Waals surface area contributed by atoms with Crippen LogP contribution in [0.5, 0.6) is 0 Å². The molecule has 4 aliphatic carbocycles. The summed E-state index contributed by atoms with van der Waals surface area (Å²) in [6.07, 6.45) is 8.46. The highest BCUT2D eigenvalue weighted by Gasteiger charge is 2.52. The summed E-state index contributed by atoms with van der Waals surface area (Å²) in [6.45, 7) is 3.00. The van der Waals surface area contributed by atoms with Gasteiger partial charge in [0, 0.05) is 11.6 Å². The molecule has 6 rings (SSSR count). The van der Waals surface area contributed by atoms with Crippen molar-refractivity contribution >= 4 is 11.9 Å². The molecule has 1 atom stereocenters. The van der Waals surface area contributed by atoms with Crippen molar-refractivity contribution in [1.29, 1.82) is 0 Å². The van der Waals surface area contributed by atoms with Gasteiger partial charge in [0.15, 0.2) is 0 Å². The summed E-state index contributed by atoms with van der Waals surface area (Å²) in [5.74, 6) is 3.21. The molecule has 6 nitrogen and oxygen atoms in total. The number of benzene rings is 1. The van der Waals surface area contributed by atoms with Crippen LogP contribution in [0.3, 0.4) is 0 Å². The Bertz CT molecular complexity index is 985. The molecule has 1 aromatic heterocycles. The van der Waals surface area contributed by atoms with E-state index in [0.29, 0.717) is 29.3 Å². The normalized spacial score (nSPS) is 28.5. The number of ether oxygens (including phenoxy) is 2. The topological polar surface area (TPSA) is 77.8 Å². The summed E-state index contributed by atoms with van der Waals surface area (Å²) in [5, 5.41) is 3.76. The van der Waals surface area contributed by atoms with E-state index in [0.717, 1.165) is 23.5 Å². The molecule has 4 fully saturated rings. The number of rotatable bonds is 7. The first-order chi connectivity index (χ1) is 15.9. The molecular weight excluding hydrogens is 418 g/mol. The Morgan fingerprint density at radius 3 is 2.03 bits per heavy atom. The molecule has 4 saturated carbocycles. The number of carbonyl (C=O) groups excluding carboxylic acids is 2. The smallest absolute Gasteiger partial charge is 0.337 e. The molecule has 1 aromatic carbocycles. The predicted molar refractivity (Wildman–Crippen MR) is 124 cm³/mol. The van der Waals surface area contributed by atoms with E-state index in [1.165, 1.54) is 58.8 Å². The number of carbonyl (C=O) groups is 2. The van der Waals surface area contributed by atoms with Gasteiger partial charge in [0.2, 0.25) is 0 Å². The van der Waals surface area contributed by atoms with Gasteiger partial charge in [-0.25, -0.2) is 9.59 Å². The molecule has 0 spiro atoms. The average Bonchev–Trinajstić information content (AvgIpc) is 3.29. The van der Waals surface area contributed by atoms with Crippen molar-refractivity contribution in [1.82, 2.24) is 5.32 Å². The molecule has 1 heterocycles. The van der Waals surface area contributed by atoms with Crippen molar-refractivity contribution in [2.24, 2.45) is 23.2 Å². The van der Waals surface area contributed by atoms with E-state index in [2.05, 4.69) is 12.2 Å². The summed E-state index contributed by atoms with van der Waals surface area (Å²) >= 11 is 0. The number of nitrogens with one attached hydrogen (secondary N) is 1. The lowest BCUT2D eigenvalue weighted by Crippen LogP contribution is -2.54. The van der Waals surface area contributed by atoms with Crippen LogP contribution in [0.25, 0.3) is 11.3 Å². The predicted octanol–water partition coefficient (Wildman–Crippen LogP) is 5.21. The highest BCUT2D eigenvalue weighted by atomic mass is 16.5. The Morgan fingerprint density at radius 1 is 0.970 bits per heavy atom. The Labute approximate surface area is 195 Å². The maximum absolute atomic E-state index is 12.1. The monoisotopic (exact) mass is 451 g/mol. The summed E-state index contributed by atoms with van der Waals surface area (Å²) in [5.41, 5.74) is 1.64. The van der Waals surface area contributed by atoms with E-state index in [1.54, 1.807) is 12.1 Å². The molecule has 0 unspecified atom stereocenters. The second kappa shape index (κ2) is 8.64. The molecule has 0 saturated heterocycles. The van der Waals surface area contributed by atoms with Gasteiger partial charge in [0.05, 0.1) is 31.9 Å². The van der Waals surface area contributed by atoms with Crippen LogP contribution in [0, 0.1) is 23.2 Å². The van der Waals surface area contributed by atoms with Gasteiger partial charge in [0.1, 0.15) is 11.5 Å². The van der Waals surface area contributed by atoms with Crippen LogP contribution < -0.4 is 5.32 Å². The van der Waals surface area contributed by atoms with E-state index in [9.17, 15) is 9.59 Å². The van der Waals surface area contributed by atoms with Gasteiger partial charge < -0.3 is 19.2 Å². The van der Waals surface area contributed by atoms with Gasteiger partial charge in [-0.05, 0) is 98.9 Å². The van der Waals surface area contributed by atoms with Crippen LogP contribution in [0.4, 0.5) is 0 Å². The third-order valence-corrected chi connectivity index (χ3v) is 8.31. The quantitative estimate of drug-likeness (QED) is 0.582. The summed E-state index contributed by atoms with van der Waals surface area (Å²) in [7, 11) is 2.63. The van der Waals surface area contributed by atoms with Crippen LogP contribution in [0.1, 0.15) is 71.9 Å². The van der Waals surface area contributed by atoms with Gasteiger partial charge in [0.25, 0.3) is 0 Å². The average molecular weight is 452 g/mol. The van der Waals surface area contributed by atoms with Crippen molar-refractivity contribution in [2.45, 2.75) is 58.0 Å². The third kappa shape index (κ3) is 4.21. The third-order valence-electron chi connectivity index (χ3n) is 8.31. The van der Waals surface area contributed by atoms with Gasteiger partial charge in [-0.3, -0.25) is 0 Å². The second-order valence-electron chi connectivity index (χ2n) is 10.4. The largest absolute Gasteiger partial charge is 0.465 e. The highest BCUT2D eigenvalue weighted by molar-refractivity contribution is 5.97. The van der Waals surface area contributed by atoms with E-state index in [-0.39, 0.29) is 11.1 Å². The minimum Gasteiger partial charge on any atom is -0.465 e. The van der Waals surface area contributed by atoms with E-state index in [1.807, 2.05) is 12.1 Å². The molecule has 1 N–H and O–H groups in total. The fraction of sp³-hybridized carbons (Fsp3) is 0.556. The number of furan rings is 1. The maximum Gasteiger partial charge on any atom is 0.337 e. The molecule has 0 aliphatic heterocycles. The molecule has 0 radical (unpaired) electrons. The maximum atomic E-state index is 12.1. The molecule has 176 valence electrons. The Balaban J connectivity index is 1.30. The lowest BCUT2D eigenvalue weighted by atomic mass is 9.48. The SMILES string of the molecule is COC(=O)c1cc(C(=O)OC)cc(-c2ccc(CN[C@H](C)C34CC5CC(CC(C5)C3)C4)o2)c1. The van der Waals surface area contributed by atoms with Crippen molar-refractivity contribution in [3.05, 3.63) is 47.2 Å². The van der Waals surface area contributed by atoms with E-state index in [4.69, 9.17) is 13.9 Å². The zero-order chi connectivity index (χ0) is 23.2. The van der Waals surface area contributed by atoms with Crippen LogP contribution in [0.2, 0.25) is 0 Å². The summed E-state index contributed by atoms with van der Waals surface area (Å²) < 4.78 is 15.8. The fourth-order valence-electron chi connectivity index (χ4n) is 7.05. The second-order valence-corrected chi connectivity index (χ2v) is 10.4. The van der Waals surface area contributed by atoms with Crippen LogP contribution >= 0.6 is 0 Å². The Kier molecular flexibility index (Phi) is 5.81. The Hall–Kier alpha value is -2.60. The lowest BCUT2D eigenvalue weighted by Gasteiger charge is -2.59. The first-order valence-electron chi connectivity index (χ1n) is 12.0.